The zero-order chi connectivity index (χ0) is 14.1. The summed E-state index contributed by atoms with van der Waals surface area (Å²) < 4.78 is 10.2. The summed E-state index contributed by atoms with van der Waals surface area (Å²) >= 11 is 0. The van der Waals surface area contributed by atoms with Gasteiger partial charge in [0.2, 0.25) is 0 Å². The van der Waals surface area contributed by atoms with Gasteiger partial charge in [-0.15, -0.1) is 5.92 Å². The van der Waals surface area contributed by atoms with E-state index in [2.05, 4.69) is 18.8 Å². The molecule has 0 spiro atoms. The second-order valence-corrected chi connectivity index (χ2v) is 4.14. The Hall–Kier alpha value is -1.95. The SMILES string of the molecule is CC#C[C@@H](CC(=O)OC)c1ccc(OCCC)cc1. The fraction of sp³-hybridized carbons (Fsp3) is 0.438. The summed E-state index contributed by atoms with van der Waals surface area (Å²) in [6.07, 6.45) is 1.25. The van der Waals surface area contributed by atoms with E-state index in [-0.39, 0.29) is 18.3 Å². The average molecular weight is 260 g/mol. The molecule has 1 aromatic carbocycles. The van der Waals surface area contributed by atoms with Gasteiger partial charge < -0.3 is 9.47 Å². The van der Waals surface area contributed by atoms with Gasteiger partial charge in [-0.25, -0.2) is 0 Å². The van der Waals surface area contributed by atoms with Gasteiger partial charge in [-0.1, -0.05) is 25.0 Å². The van der Waals surface area contributed by atoms with Crippen molar-refractivity contribution < 1.29 is 14.3 Å². The number of rotatable bonds is 6. The lowest BCUT2D eigenvalue weighted by Crippen LogP contribution is -2.07. The molecule has 1 rings (SSSR count). The summed E-state index contributed by atoms with van der Waals surface area (Å²) in [5.41, 5.74) is 1.00. The van der Waals surface area contributed by atoms with Gasteiger partial charge >= 0.3 is 5.97 Å². The van der Waals surface area contributed by atoms with Crippen molar-refractivity contribution >= 4 is 5.97 Å². The van der Waals surface area contributed by atoms with Crippen LogP contribution in [0.4, 0.5) is 0 Å². The van der Waals surface area contributed by atoms with E-state index in [1.54, 1.807) is 6.92 Å². The van der Waals surface area contributed by atoms with E-state index in [0.29, 0.717) is 6.61 Å². The molecule has 0 N–H and O–H groups in total. The van der Waals surface area contributed by atoms with Crippen molar-refractivity contribution in [2.24, 2.45) is 0 Å². The first-order valence-electron chi connectivity index (χ1n) is 6.43. The van der Waals surface area contributed by atoms with E-state index < -0.39 is 0 Å². The third-order valence-corrected chi connectivity index (χ3v) is 2.67. The molecular formula is C16H20O3. The fourth-order valence-electron chi connectivity index (χ4n) is 1.69. The monoisotopic (exact) mass is 260 g/mol. The first-order chi connectivity index (χ1) is 9.21. The summed E-state index contributed by atoms with van der Waals surface area (Å²) in [7, 11) is 1.39. The topological polar surface area (TPSA) is 35.5 Å². The minimum atomic E-state index is -0.251. The Morgan fingerprint density at radius 2 is 2.00 bits per heavy atom. The van der Waals surface area contributed by atoms with Crippen molar-refractivity contribution in [3.8, 4) is 17.6 Å². The van der Waals surface area contributed by atoms with Gasteiger partial charge in [0.05, 0.1) is 26.1 Å². The summed E-state index contributed by atoms with van der Waals surface area (Å²) in [6, 6.07) is 7.71. The van der Waals surface area contributed by atoms with E-state index >= 15 is 0 Å². The molecule has 19 heavy (non-hydrogen) atoms. The van der Waals surface area contributed by atoms with Crippen LogP contribution in [0.2, 0.25) is 0 Å². The average Bonchev–Trinajstić information content (AvgIpc) is 2.45. The van der Waals surface area contributed by atoms with Gasteiger partial charge in [0, 0.05) is 0 Å². The molecule has 0 aliphatic carbocycles. The van der Waals surface area contributed by atoms with E-state index in [0.717, 1.165) is 17.7 Å². The summed E-state index contributed by atoms with van der Waals surface area (Å²) in [4.78, 5) is 11.4. The zero-order valence-corrected chi connectivity index (χ0v) is 11.7. The standard InChI is InChI=1S/C16H20O3/c1-4-6-14(12-16(17)18-3)13-7-9-15(10-8-13)19-11-5-2/h7-10,14H,5,11-12H2,1-3H3/t14-/m0/s1. The molecule has 0 aliphatic rings. The normalized spacial score (nSPS) is 11.1. The Labute approximate surface area is 114 Å². The number of carbonyl (C=O) groups is 1. The predicted molar refractivity (Wildman–Crippen MR) is 75.1 cm³/mol. The minimum absolute atomic E-state index is 0.127. The molecule has 3 nitrogen and oxygen atoms in total. The molecule has 1 atom stereocenters. The van der Waals surface area contributed by atoms with E-state index in [1.807, 2.05) is 24.3 Å². The molecule has 0 saturated heterocycles. The number of hydrogen-bond acceptors (Lipinski definition) is 3. The number of ether oxygens (including phenoxy) is 2. The maximum Gasteiger partial charge on any atom is 0.307 e. The molecule has 3 heteroatoms. The highest BCUT2D eigenvalue weighted by Gasteiger charge is 2.14. The minimum Gasteiger partial charge on any atom is -0.494 e. The maximum atomic E-state index is 11.4. The molecule has 0 aliphatic heterocycles. The fourth-order valence-corrected chi connectivity index (χ4v) is 1.69. The Bertz CT molecular complexity index is 451. The number of esters is 1. The second kappa shape index (κ2) is 8.20. The van der Waals surface area contributed by atoms with Gasteiger partial charge in [-0.2, -0.15) is 0 Å². The van der Waals surface area contributed by atoms with Gasteiger partial charge in [0.15, 0.2) is 0 Å². The molecule has 102 valence electrons. The molecule has 0 radical (unpaired) electrons. The lowest BCUT2D eigenvalue weighted by molar-refractivity contribution is -0.140. The zero-order valence-electron chi connectivity index (χ0n) is 11.7. The quantitative estimate of drug-likeness (QED) is 0.582. The summed E-state index contributed by atoms with van der Waals surface area (Å²) in [5, 5.41) is 0. The molecule has 0 heterocycles. The third kappa shape index (κ3) is 5.05. The molecule has 0 saturated carbocycles. The van der Waals surface area contributed by atoms with E-state index in [1.165, 1.54) is 7.11 Å². The predicted octanol–water partition coefficient (Wildman–Crippen LogP) is 3.15. The maximum absolute atomic E-state index is 11.4. The molecule has 0 aromatic heterocycles. The molecule has 0 bridgehead atoms. The number of methoxy groups -OCH3 is 1. The van der Waals surface area contributed by atoms with Crippen LogP contribution in [-0.4, -0.2) is 19.7 Å². The van der Waals surface area contributed by atoms with Crippen LogP contribution < -0.4 is 4.74 Å². The van der Waals surface area contributed by atoms with E-state index in [4.69, 9.17) is 9.47 Å². The van der Waals surface area contributed by atoms with Crippen molar-refractivity contribution in [1.29, 1.82) is 0 Å². The van der Waals surface area contributed by atoms with Crippen LogP contribution in [0.1, 0.15) is 38.2 Å². The van der Waals surface area contributed by atoms with Crippen LogP contribution in [0.3, 0.4) is 0 Å². The molecule has 1 aromatic rings. The highest BCUT2D eigenvalue weighted by molar-refractivity contribution is 5.71. The molecular weight excluding hydrogens is 240 g/mol. The Balaban J connectivity index is 2.78. The molecule has 0 amide bonds. The summed E-state index contributed by atoms with van der Waals surface area (Å²) in [5.74, 6) is 6.35. The smallest absolute Gasteiger partial charge is 0.307 e. The molecule has 0 unspecified atom stereocenters. The highest BCUT2D eigenvalue weighted by Crippen LogP contribution is 2.22. The highest BCUT2D eigenvalue weighted by atomic mass is 16.5. The number of benzene rings is 1. The van der Waals surface area contributed by atoms with Crippen LogP contribution in [0.5, 0.6) is 5.75 Å². The lowest BCUT2D eigenvalue weighted by atomic mass is 9.96. The first-order valence-corrected chi connectivity index (χ1v) is 6.43. The van der Waals surface area contributed by atoms with Gasteiger partial charge in [-0.3, -0.25) is 4.79 Å². The van der Waals surface area contributed by atoms with Gasteiger partial charge in [0.1, 0.15) is 5.75 Å². The van der Waals surface area contributed by atoms with Crippen LogP contribution in [-0.2, 0) is 9.53 Å². The largest absolute Gasteiger partial charge is 0.494 e. The van der Waals surface area contributed by atoms with Crippen molar-refractivity contribution in [3.63, 3.8) is 0 Å². The Kier molecular flexibility index (Phi) is 6.52. The first kappa shape index (κ1) is 15.1. The van der Waals surface area contributed by atoms with Crippen LogP contribution in [0, 0.1) is 11.8 Å². The summed E-state index contributed by atoms with van der Waals surface area (Å²) in [6.45, 7) is 4.54. The van der Waals surface area contributed by atoms with Gasteiger partial charge in [-0.05, 0) is 31.0 Å². The van der Waals surface area contributed by atoms with Crippen LogP contribution in [0.25, 0.3) is 0 Å². The Morgan fingerprint density at radius 1 is 1.32 bits per heavy atom. The van der Waals surface area contributed by atoms with Crippen molar-refractivity contribution in [3.05, 3.63) is 29.8 Å². The third-order valence-electron chi connectivity index (χ3n) is 2.67. The van der Waals surface area contributed by atoms with E-state index in [9.17, 15) is 4.79 Å². The van der Waals surface area contributed by atoms with Gasteiger partial charge in [0.25, 0.3) is 0 Å². The van der Waals surface area contributed by atoms with Crippen LogP contribution >= 0.6 is 0 Å². The number of carbonyl (C=O) groups excluding carboxylic acids is 1. The second-order valence-electron chi connectivity index (χ2n) is 4.14. The van der Waals surface area contributed by atoms with Crippen molar-refractivity contribution in [1.82, 2.24) is 0 Å². The van der Waals surface area contributed by atoms with Crippen molar-refractivity contribution in [2.75, 3.05) is 13.7 Å². The Morgan fingerprint density at radius 3 is 2.53 bits per heavy atom. The van der Waals surface area contributed by atoms with Crippen LogP contribution in [0.15, 0.2) is 24.3 Å². The number of hydrogen-bond donors (Lipinski definition) is 0. The van der Waals surface area contributed by atoms with Crippen molar-refractivity contribution in [2.45, 2.75) is 32.6 Å². The lowest BCUT2D eigenvalue weighted by Gasteiger charge is -2.11. The molecule has 0 fully saturated rings.